The lowest BCUT2D eigenvalue weighted by Crippen LogP contribution is -2.60. The minimum atomic E-state index is 0.299. The zero-order chi connectivity index (χ0) is 14.8. The van der Waals surface area contributed by atoms with Crippen molar-refractivity contribution in [3.05, 3.63) is 16.6 Å². The fourth-order valence-electron chi connectivity index (χ4n) is 3.14. The van der Waals surface area contributed by atoms with Gasteiger partial charge < -0.3 is 5.32 Å². The van der Waals surface area contributed by atoms with Gasteiger partial charge in [0.1, 0.15) is 5.01 Å². The van der Waals surface area contributed by atoms with Gasteiger partial charge >= 0.3 is 0 Å². The standard InChI is InChI=1S/C16H29N3S/c1-12(2)8-13-10-19(11-15-17-6-7-20-15)14(9-18-13)16(3,4)5/h6-7,12-14,18H,8-11H2,1-5H3. The molecule has 2 rings (SSSR count). The Balaban J connectivity index is 2.06. The van der Waals surface area contributed by atoms with E-state index in [1.54, 1.807) is 11.3 Å². The molecule has 3 nitrogen and oxygen atoms in total. The van der Waals surface area contributed by atoms with Gasteiger partial charge in [0.2, 0.25) is 0 Å². The number of aromatic nitrogens is 1. The van der Waals surface area contributed by atoms with Crippen LogP contribution < -0.4 is 5.32 Å². The molecular weight excluding hydrogens is 266 g/mol. The van der Waals surface area contributed by atoms with E-state index in [-0.39, 0.29) is 0 Å². The van der Waals surface area contributed by atoms with Crippen molar-refractivity contribution < 1.29 is 0 Å². The van der Waals surface area contributed by atoms with Crippen molar-refractivity contribution in [1.29, 1.82) is 0 Å². The van der Waals surface area contributed by atoms with Gasteiger partial charge in [-0.3, -0.25) is 4.90 Å². The summed E-state index contributed by atoms with van der Waals surface area (Å²) in [5.41, 5.74) is 0.299. The van der Waals surface area contributed by atoms with Gasteiger partial charge in [-0.25, -0.2) is 4.98 Å². The van der Waals surface area contributed by atoms with Gasteiger partial charge in [-0.2, -0.15) is 0 Å². The Morgan fingerprint density at radius 2 is 2.20 bits per heavy atom. The molecule has 1 aliphatic rings. The highest BCUT2D eigenvalue weighted by atomic mass is 32.1. The monoisotopic (exact) mass is 295 g/mol. The summed E-state index contributed by atoms with van der Waals surface area (Å²) in [5.74, 6) is 0.750. The Morgan fingerprint density at radius 3 is 2.75 bits per heavy atom. The van der Waals surface area contributed by atoms with E-state index in [2.05, 4.69) is 55.2 Å². The largest absolute Gasteiger partial charge is 0.311 e. The van der Waals surface area contributed by atoms with E-state index >= 15 is 0 Å². The second kappa shape index (κ2) is 6.54. The average molecular weight is 295 g/mol. The summed E-state index contributed by atoms with van der Waals surface area (Å²) < 4.78 is 0. The Bertz CT molecular complexity index is 394. The van der Waals surface area contributed by atoms with Crippen molar-refractivity contribution in [3.8, 4) is 0 Å². The molecule has 4 heteroatoms. The first kappa shape index (κ1) is 15.9. The molecule has 0 radical (unpaired) electrons. The quantitative estimate of drug-likeness (QED) is 0.923. The van der Waals surface area contributed by atoms with Crippen molar-refractivity contribution in [1.82, 2.24) is 15.2 Å². The lowest BCUT2D eigenvalue weighted by Gasteiger charge is -2.46. The van der Waals surface area contributed by atoms with Gasteiger partial charge in [-0.1, -0.05) is 34.6 Å². The van der Waals surface area contributed by atoms with Gasteiger partial charge in [0.25, 0.3) is 0 Å². The summed E-state index contributed by atoms with van der Waals surface area (Å²) in [6, 6.07) is 1.20. The summed E-state index contributed by atoms with van der Waals surface area (Å²) in [6.45, 7) is 14.9. The molecule has 0 saturated carbocycles. The molecule has 0 bridgehead atoms. The lowest BCUT2D eigenvalue weighted by atomic mass is 9.83. The van der Waals surface area contributed by atoms with Gasteiger partial charge in [0.15, 0.2) is 0 Å². The fourth-order valence-corrected chi connectivity index (χ4v) is 3.78. The van der Waals surface area contributed by atoms with Gasteiger partial charge in [-0.15, -0.1) is 11.3 Å². The van der Waals surface area contributed by atoms with Crippen LogP contribution in [0, 0.1) is 11.3 Å². The van der Waals surface area contributed by atoms with Crippen LogP contribution >= 0.6 is 11.3 Å². The Morgan fingerprint density at radius 1 is 1.45 bits per heavy atom. The number of nitrogens with one attached hydrogen (secondary N) is 1. The smallest absolute Gasteiger partial charge is 0.107 e. The zero-order valence-electron chi connectivity index (χ0n) is 13.5. The van der Waals surface area contributed by atoms with Crippen LogP contribution in [0.15, 0.2) is 11.6 Å². The topological polar surface area (TPSA) is 28.2 Å². The number of thiazole rings is 1. The lowest BCUT2D eigenvalue weighted by molar-refractivity contribution is 0.0451. The Hall–Kier alpha value is -0.450. The van der Waals surface area contributed by atoms with E-state index in [0.717, 1.165) is 25.6 Å². The molecule has 1 aromatic rings. The van der Waals surface area contributed by atoms with Crippen molar-refractivity contribution >= 4 is 11.3 Å². The molecular formula is C16H29N3S. The zero-order valence-corrected chi connectivity index (χ0v) is 14.3. The van der Waals surface area contributed by atoms with Crippen LogP contribution in [-0.2, 0) is 6.54 Å². The second-order valence-electron chi connectivity index (χ2n) is 7.47. The molecule has 0 amide bonds. The summed E-state index contributed by atoms with van der Waals surface area (Å²) in [6.07, 6.45) is 3.17. The maximum atomic E-state index is 4.47. The Labute approximate surface area is 127 Å². The molecule has 20 heavy (non-hydrogen) atoms. The summed E-state index contributed by atoms with van der Waals surface area (Å²) >= 11 is 1.77. The molecule has 2 heterocycles. The molecule has 1 N–H and O–H groups in total. The molecule has 1 saturated heterocycles. The third-order valence-electron chi connectivity index (χ3n) is 4.07. The highest BCUT2D eigenvalue weighted by Gasteiger charge is 2.35. The molecule has 0 aliphatic carbocycles. The molecule has 0 aromatic carbocycles. The number of piperazine rings is 1. The van der Waals surface area contributed by atoms with E-state index in [1.807, 2.05) is 6.20 Å². The molecule has 1 aromatic heterocycles. The third-order valence-corrected chi connectivity index (χ3v) is 4.84. The first-order valence-electron chi connectivity index (χ1n) is 7.72. The predicted molar refractivity (Wildman–Crippen MR) is 87.0 cm³/mol. The molecule has 114 valence electrons. The van der Waals surface area contributed by atoms with E-state index in [9.17, 15) is 0 Å². The number of rotatable bonds is 4. The minimum absolute atomic E-state index is 0.299. The van der Waals surface area contributed by atoms with E-state index in [0.29, 0.717) is 17.5 Å². The second-order valence-corrected chi connectivity index (χ2v) is 8.45. The number of nitrogens with zero attached hydrogens (tertiary/aromatic N) is 2. The SMILES string of the molecule is CC(C)CC1CN(Cc2nccs2)C(C(C)(C)C)CN1. The first-order chi connectivity index (χ1) is 9.36. The summed E-state index contributed by atoms with van der Waals surface area (Å²) in [5, 5.41) is 7.08. The molecule has 1 fully saturated rings. The van der Waals surface area contributed by atoms with Gasteiger partial charge in [0, 0.05) is 36.8 Å². The van der Waals surface area contributed by atoms with Gasteiger partial charge in [0.05, 0.1) is 6.54 Å². The number of hydrogen-bond acceptors (Lipinski definition) is 4. The first-order valence-corrected chi connectivity index (χ1v) is 8.60. The van der Waals surface area contributed by atoms with Gasteiger partial charge in [-0.05, 0) is 17.8 Å². The molecule has 2 unspecified atom stereocenters. The van der Waals surface area contributed by atoms with E-state index < -0.39 is 0 Å². The summed E-state index contributed by atoms with van der Waals surface area (Å²) in [7, 11) is 0. The van der Waals surface area contributed by atoms with Crippen LogP contribution in [0.4, 0.5) is 0 Å². The van der Waals surface area contributed by atoms with Crippen molar-refractivity contribution in [2.75, 3.05) is 13.1 Å². The van der Waals surface area contributed by atoms with E-state index in [1.165, 1.54) is 11.4 Å². The highest BCUT2D eigenvalue weighted by Crippen LogP contribution is 2.29. The highest BCUT2D eigenvalue weighted by molar-refractivity contribution is 7.09. The van der Waals surface area contributed by atoms with Crippen molar-refractivity contribution in [3.63, 3.8) is 0 Å². The number of hydrogen-bond donors (Lipinski definition) is 1. The normalized spacial score (nSPS) is 25.3. The van der Waals surface area contributed by atoms with Crippen LogP contribution in [0.25, 0.3) is 0 Å². The maximum Gasteiger partial charge on any atom is 0.107 e. The predicted octanol–water partition coefficient (Wildman–Crippen LogP) is 3.38. The minimum Gasteiger partial charge on any atom is -0.311 e. The van der Waals surface area contributed by atoms with Crippen LogP contribution in [0.3, 0.4) is 0 Å². The third kappa shape index (κ3) is 4.27. The van der Waals surface area contributed by atoms with E-state index in [4.69, 9.17) is 0 Å². The fraction of sp³-hybridized carbons (Fsp3) is 0.812. The molecule has 1 aliphatic heterocycles. The van der Waals surface area contributed by atoms with Crippen LogP contribution in [0.1, 0.15) is 46.0 Å². The molecule has 0 spiro atoms. The summed E-state index contributed by atoms with van der Waals surface area (Å²) in [4.78, 5) is 7.11. The molecule has 2 atom stereocenters. The van der Waals surface area contributed by atoms with Crippen molar-refractivity contribution in [2.45, 2.75) is 59.7 Å². The maximum absolute atomic E-state index is 4.47. The Kier molecular flexibility index (Phi) is 5.21. The van der Waals surface area contributed by atoms with Crippen LogP contribution in [-0.4, -0.2) is 35.1 Å². The average Bonchev–Trinajstić information content (AvgIpc) is 2.79. The van der Waals surface area contributed by atoms with Crippen LogP contribution in [0.5, 0.6) is 0 Å². The van der Waals surface area contributed by atoms with Crippen LogP contribution in [0.2, 0.25) is 0 Å². The van der Waals surface area contributed by atoms with Crippen molar-refractivity contribution in [2.24, 2.45) is 11.3 Å².